The molecule has 4 nitrogen and oxygen atoms in total. The molecule has 0 amide bonds. The fourth-order valence-electron chi connectivity index (χ4n) is 2.61. The Kier molecular flexibility index (Phi) is 4.16. The third-order valence-electron chi connectivity index (χ3n) is 3.95. The van der Waals surface area contributed by atoms with Crippen LogP contribution in [-0.4, -0.2) is 16.2 Å². The Balaban J connectivity index is 2.19. The van der Waals surface area contributed by atoms with Crippen molar-refractivity contribution in [1.29, 1.82) is 0 Å². The van der Waals surface area contributed by atoms with Crippen LogP contribution in [0.3, 0.4) is 0 Å². The molecule has 0 saturated heterocycles. The second kappa shape index (κ2) is 5.51. The number of nitro groups is 1. The number of para-hydroxylation sites is 1. The largest absolute Gasteiger partial charge is 0.326 e. The maximum atomic E-state index is 11.0. The molecule has 0 bridgehead atoms. The van der Waals surface area contributed by atoms with Crippen LogP contribution in [0.2, 0.25) is 0 Å². The second-order valence-corrected chi connectivity index (χ2v) is 7.07. The van der Waals surface area contributed by atoms with Gasteiger partial charge in [0.2, 0.25) is 0 Å². The molecular formula is C14H20N2O2S. The van der Waals surface area contributed by atoms with Crippen LogP contribution in [0.5, 0.6) is 0 Å². The van der Waals surface area contributed by atoms with Crippen molar-refractivity contribution >= 4 is 17.4 Å². The molecule has 0 radical (unpaired) electrons. The van der Waals surface area contributed by atoms with Crippen molar-refractivity contribution < 1.29 is 4.92 Å². The highest BCUT2D eigenvalue weighted by atomic mass is 32.2. The first-order valence-corrected chi connectivity index (χ1v) is 7.45. The maximum absolute atomic E-state index is 11.0. The Morgan fingerprint density at radius 1 is 1.42 bits per heavy atom. The average Bonchev–Trinajstić information content (AvgIpc) is 2.35. The number of nitro benzene ring substituents is 1. The molecule has 1 aliphatic rings. The smallest absolute Gasteiger partial charge is 0.282 e. The van der Waals surface area contributed by atoms with E-state index in [-0.39, 0.29) is 27.3 Å². The van der Waals surface area contributed by atoms with Gasteiger partial charge in [-0.05, 0) is 24.3 Å². The van der Waals surface area contributed by atoms with E-state index in [4.69, 9.17) is 5.73 Å². The fraction of sp³-hybridized carbons (Fsp3) is 0.571. The van der Waals surface area contributed by atoms with E-state index in [1.165, 1.54) is 0 Å². The van der Waals surface area contributed by atoms with Crippen LogP contribution < -0.4 is 5.73 Å². The van der Waals surface area contributed by atoms with Crippen LogP contribution in [0.25, 0.3) is 0 Å². The minimum atomic E-state index is -0.318. The first kappa shape index (κ1) is 14.3. The van der Waals surface area contributed by atoms with Crippen LogP contribution >= 0.6 is 11.8 Å². The molecule has 5 heteroatoms. The summed E-state index contributed by atoms with van der Waals surface area (Å²) in [6.45, 7) is 4.37. The van der Waals surface area contributed by atoms with E-state index in [2.05, 4.69) is 13.8 Å². The molecule has 1 aliphatic carbocycles. The van der Waals surface area contributed by atoms with Gasteiger partial charge in [0.15, 0.2) is 0 Å². The molecule has 2 unspecified atom stereocenters. The van der Waals surface area contributed by atoms with Crippen molar-refractivity contribution in [3.63, 3.8) is 0 Å². The van der Waals surface area contributed by atoms with Gasteiger partial charge in [-0.3, -0.25) is 10.1 Å². The van der Waals surface area contributed by atoms with Gasteiger partial charge < -0.3 is 5.73 Å². The number of thioether (sulfide) groups is 1. The molecule has 0 spiro atoms. The molecule has 1 aromatic carbocycles. The topological polar surface area (TPSA) is 69.2 Å². The molecule has 2 N–H and O–H groups in total. The molecule has 2 rings (SSSR count). The fourth-order valence-corrected chi connectivity index (χ4v) is 4.16. The van der Waals surface area contributed by atoms with E-state index in [9.17, 15) is 10.1 Å². The molecule has 104 valence electrons. The maximum Gasteiger partial charge on any atom is 0.282 e. The summed E-state index contributed by atoms with van der Waals surface area (Å²) in [7, 11) is 0. The van der Waals surface area contributed by atoms with E-state index in [0.29, 0.717) is 0 Å². The van der Waals surface area contributed by atoms with Gasteiger partial charge >= 0.3 is 0 Å². The van der Waals surface area contributed by atoms with E-state index in [0.717, 1.165) is 24.2 Å². The summed E-state index contributed by atoms with van der Waals surface area (Å²) in [6.07, 6.45) is 3.29. The van der Waals surface area contributed by atoms with Crippen LogP contribution in [0.1, 0.15) is 33.1 Å². The third-order valence-corrected chi connectivity index (χ3v) is 5.38. The van der Waals surface area contributed by atoms with Crippen molar-refractivity contribution in [3.8, 4) is 0 Å². The van der Waals surface area contributed by atoms with Gasteiger partial charge in [0, 0.05) is 17.4 Å². The van der Waals surface area contributed by atoms with Gasteiger partial charge in [-0.2, -0.15) is 0 Å². The van der Waals surface area contributed by atoms with Gasteiger partial charge in [-0.25, -0.2) is 0 Å². The van der Waals surface area contributed by atoms with Gasteiger partial charge in [-0.1, -0.05) is 32.4 Å². The monoisotopic (exact) mass is 280 g/mol. The molecule has 0 aliphatic heterocycles. The van der Waals surface area contributed by atoms with Crippen LogP contribution in [0.15, 0.2) is 29.2 Å². The number of benzene rings is 1. The minimum Gasteiger partial charge on any atom is -0.326 e. The second-order valence-electron chi connectivity index (χ2n) is 5.79. The molecule has 1 aromatic rings. The first-order valence-electron chi connectivity index (χ1n) is 6.57. The Morgan fingerprint density at radius 2 is 2.11 bits per heavy atom. The molecule has 1 saturated carbocycles. The van der Waals surface area contributed by atoms with Crippen molar-refractivity contribution in [3.05, 3.63) is 34.4 Å². The van der Waals surface area contributed by atoms with Crippen LogP contribution in [0, 0.1) is 15.5 Å². The SMILES string of the molecule is CC1(C)CCCC(Sc2ccccc2[N+](=O)[O-])C1N. The van der Waals surface area contributed by atoms with E-state index >= 15 is 0 Å². The highest BCUT2D eigenvalue weighted by Crippen LogP contribution is 2.43. The Labute approximate surface area is 117 Å². The molecule has 19 heavy (non-hydrogen) atoms. The predicted molar refractivity (Wildman–Crippen MR) is 78.3 cm³/mol. The van der Waals surface area contributed by atoms with E-state index in [1.54, 1.807) is 23.9 Å². The van der Waals surface area contributed by atoms with Crippen molar-refractivity contribution in [1.82, 2.24) is 0 Å². The quantitative estimate of drug-likeness (QED) is 0.678. The number of nitrogens with zero attached hydrogens (tertiary/aromatic N) is 1. The lowest BCUT2D eigenvalue weighted by Gasteiger charge is -2.41. The average molecular weight is 280 g/mol. The molecule has 0 heterocycles. The van der Waals surface area contributed by atoms with E-state index < -0.39 is 0 Å². The van der Waals surface area contributed by atoms with E-state index in [1.807, 2.05) is 12.1 Å². The normalized spacial score (nSPS) is 26.1. The third kappa shape index (κ3) is 3.09. The van der Waals surface area contributed by atoms with Crippen molar-refractivity contribution in [2.75, 3.05) is 0 Å². The summed E-state index contributed by atoms with van der Waals surface area (Å²) in [5, 5.41) is 11.3. The summed E-state index contributed by atoms with van der Waals surface area (Å²) in [5.41, 5.74) is 6.63. The minimum absolute atomic E-state index is 0.0751. The summed E-state index contributed by atoms with van der Waals surface area (Å²) in [6, 6.07) is 6.99. The zero-order chi connectivity index (χ0) is 14.0. The highest BCUT2D eigenvalue weighted by molar-refractivity contribution is 8.00. The number of rotatable bonds is 3. The molecular weight excluding hydrogens is 260 g/mol. The zero-order valence-corrected chi connectivity index (χ0v) is 12.2. The molecule has 0 aromatic heterocycles. The summed E-state index contributed by atoms with van der Waals surface area (Å²) in [5.74, 6) is 0. The highest BCUT2D eigenvalue weighted by Gasteiger charge is 2.37. The van der Waals surface area contributed by atoms with Crippen LogP contribution in [-0.2, 0) is 0 Å². The van der Waals surface area contributed by atoms with Gasteiger partial charge in [-0.15, -0.1) is 11.8 Å². The predicted octanol–water partition coefficient (Wildman–Crippen LogP) is 3.59. The lowest BCUT2D eigenvalue weighted by Crippen LogP contribution is -2.48. The number of hydrogen-bond donors (Lipinski definition) is 1. The Bertz CT molecular complexity index is 476. The van der Waals surface area contributed by atoms with Crippen molar-refractivity contribution in [2.24, 2.45) is 11.1 Å². The van der Waals surface area contributed by atoms with Gasteiger partial charge in [0.25, 0.3) is 5.69 Å². The summed E-state index contributed by atoms with van der Waals surface area (Å²) in [4.78, 5) is 11.4. The molecule has 1 fully saturated rings. The van der Waals surface area contributed by atoms with Crippen LogP contribution in [0.4, 0.5) is 5.69 Å². The molecule has 2 atom stereocenters. The lowest BCUT2D eigenvalue weighted by atomic mass is 9.73. The van der Waals surface area contributed by atoms with Crippen molar-refractivity contribution in [2.45, 2.75) is 49.3 Å². The van der Waals surface area contributed by atoms with Gasteiger partial charge in [0.1, 0.15) is 0 Å². The Morgan fingerprint density at radius 3 is 2.79 bits per heavy atom. The standard InChI is InChI=1S/C14H20N2O2S/c1-14(2)9-5-8-12(13(14)15)19-11-7-4-3-6-10(11)16(17)18/h3-4,6-7,12-13H,5,8-9,15H2,1-2H3. The number of nitrogens with two attached hydrogens (primary N) is 1. The summed E-state index contributed by atoms with van der Waals surface area (Å²) >= 11 is 1.56. The van der Waals surface area contributed by atoms with Gasteiger partial charge in [0.05, 0.1) is 9.82 Å². The number of hydrogen-bond acceptors (Lipinski definition) is 4. The first-order chi connectivity index (χ1) is 8.92. The Hall–Kier alpha value is -1.07. The zero-order valence-electron chi connectivity index (χ0n) is 11.3. The summed E-state index contributed by atoms with van der Waals surface area (Å²) < 4.78 is 0. The lowest BCUT2D eigenvalue weighted by molar-refractivity contribution is -0.387.